The van der Waals surface area contributed by atoms with E-state index in [1.165, 1.54) is 23.4 Å². The molecule has 142 valence electrons. The fourth-order valence-corrected chi connectivity index (χ4v) is 4.82. The Kier molecular flexibility index (Phi) is 4.65. The van der Waals surface area contributed by atoms with Crippen LogP contribution >= 0.6 is 0 Å². The molecule has 2 aliphatic heterocycles. The highest BCUT2D eigenvalue weighted by molar-refractivity contribution is 7.89. The Morgan fingerprint density at radius 1 is 1.00 bits per heavy atom. The number of rotatable bonds is 3. The van der Waals surface area contributed by atoms with Crippen LogP contribution in [0.5, 0.6) is 11.5 Å². The molecule has 4 rings (SSSR count). The lowest BCUT2D eigenvalue weighted by molar-refractivity contribution is 0.101. The van der Waals surface area contributed by atoms with Crippen LogP contribution < -0.4 is 9.47 Å². The topological polar surface area (TPSA) is 72.9 Å². The van der Waals surface area contributed by atoms with Crippen molar-refractivity contribution in [2.24, 2.45) is 0 Å². The number of ether oxygens (including phenoxy) is 2. The zero-order valence-electron chi connectivity index (χ0n) is 15.1. The maximum atomic E-state index is 13.0. The summed E-state index contributed by atoms with van der Waals surface area (Å²) in [5.41, 5.74) is 2.53. The number of nitrogens with zero attached hydrogens (tertiary/aromatic N) is 1. The van der Waals surface area contributed by atoms with Crippen LogP contribution in [0, 0.1) is 0 Å². The first kappa shape index (κ1) is 18.0. The Morgan fingerprint density at radius 2 is 1.63 bits per heavy atom. The number of fused-ring (bicyclic) bond motifs is 2. The summed E-state index contributed by atoms with van der Waals surface area (Å²) in [5.74, 6) is 1.33. The minimum Gasteiger partial charge on any atom is -0.490 e. The molecular weight excluding hydrogens is 366 g/mol. The van der Waals surface area contributed by atoms with Gasteiger partial charge in [-0.2, -0.15) is 4.31 Å². The molecule has 0 radical (unpaired) electrons. The van der Waals surface area contributed by atoms with Gasteiger partial charge in [-0.05, 0) is 48.7 Å². The van der Waals surface area contributed by atoms with Crippen LogP contribution in [0.1, 0.15) is 34.8 Å². The summed E-state index contributed by atoms with van der Waals surface area (Å²) >= 11 is 0. The average molecular weight is 387 g/mol. The molecule has 2 aliphatic rings. The number of carbonyl (C=O) groups excluding carboxylic acids is 1. The Morgan fingerprint density at radius 3 is 2.26 bits per heavy atom. The minimum atomic E-state index is -3.63. The predicted octanol–water partition coefficient (Wildman–Crippen LogP) is 2.80. The van der Waals surface area contributed by atoms with E-state index in [2.05, 4.69) is 0 Å². The van der Waals surface area contributed by atoms with Crippen LogP contribution in [0.3, 0.4) is 0 Å². The van der Waals surface area contributed by atoms with Gasteiger partial charge in [-0.3, -0.25) is 4.79 Å². The number of benzene rings is 2. The third kappa shape index (κ3) is 3.44. The van der Waals surface area contributed by atoms with Gasteiger partial charge in [-0.15, -0.1) is 0 Å². The summed E-state index contributed by atoms with van der Waals surface area (Å²) in [6, 6.07) is 9.97. The molecule has 0 amide bonds. The summed E-state index contributed by atoms with van der Waals surface area (Å²) in [7, 11) is -3.63. The van der Waals surface area contributed by atoms with E-state index in [9.17, 15) is 13.2 Å². The van der Waals surface area contributed by atoms with Gasteiger partial charge in [0.1, 0.15) is 0 Å². The summed E-state index contributed by atoms with van der Waals surface area (Å²) in [4.78, 5) is 11.6. The van der Waals surface area contributed by atoms with Gasteiger partial charge in [-0.1, -0.05) is 12.1 Å². The molecule has 0 atom stereocenters. The molecule has 0 N–H and O–H groups in total. The van der Waals surface area contributed by atoms with Crippen molar-refractivity contribution in [1.29, 1.82) is 0 Å². The third-order valence-corrected chi connectivity index (χ3v) is 6.81. The van der Waals surface area contributed by atoms with E-state index in [0.717, 1.165) is 23.3 Å². The molecule has 0 aromatic heterocycles. The largest absolute Gasteiger partial charge is 0.490 e. The van der Waals surface area contributed by atoms with Crippen LogP contribution in [0.4, 0.5) is 0 Å². The van der Waals surface area contributed by atoms with Gasteiger partial charge < -0.3 is 9.47 Å². The fourth-order valence-electron chi connectivity index (χ4n) is 3.40. The number of ketones is 1. The maximum Gasteiger partial charge on any atom is 0.243 e. The molecule has 0 bridgehead atoms. The van der Waals surface area contributed by atoms with Crippen molar-refractivity contribution in [3.63, 3.8) is 0 Å². The van der Waals surface area contributed by atoms with E-state index in [-0.39, 0.29) is 10.7 Å². The highest BCUT2D eigenvalue weighted by Crippen LogP contribution is 2.36. The lowest BCUT2D eigenvalue weighted by Gasteiger charge is -2.29. The zero-order valence-corrected chi connectivity index (χ0v) is 15.9. The highest BCUT2D eigenvalue weighted by Gasteiger charge is 2.29. The second-order valence-electron chi connectivity index (χ2n) is 6.79. The van der Waals surface area contributed by atoms with Crippen molar-refractivity contribution in [2.75, 3.05) is 19.8 Å². The summed E-state index contributed by atoms with van der Waals surface area (Å²) in [6.45, 7) is 3.38. The van der Waals surface area contributed by atoms with Crippen molar-refractivity contribution in [1.82, 2.24) is 4.31 Å². The summed E-state index contributed by atoms with van der Waals surface area (Å²) in [5, 5.41) is 0. The van der Waals surface area contributed by atoms with Crippen molar-refractivity contribution in [3.05, 3.63) is 53.1 Å². The number of carbonyl (C=O) groups is 1. The molecule has 2 aromatic carbocycles. The second kappa shape index (κ2) is 6.98. The second-order valence-corrected chi connectivity index (χ2v) is 8.73. The molecule has 0 saturated carbocycles. The van der Waals surface area contributed by atoms with Gasteiger partial charge in [0, 0.05) is 25.1 Å². The van der Waals surface area contributed by atoms with E-state index >= 15 is 0 Å². The van der Waals surface area contributed by atoms with E-state index in [1.54, 1.807) is 12.1 Å². The predicted molar refractivity (Wildman–Crippen MR) is 99.8 cm³/mol. The Hall–Kier alpha value is -2.38. The molecule has 0 fully saturated rings. The third-order valence-electron chi connectivity index (χ3n) is 4.95. The highest BCUT2D eigenvalue weighted by atomic mass is 32.2. The normalized spacial score (nSPS) is 17.1. The number of hydrogen-bond acceptors (Lipinski definition) is 5. The molecule has 2 aromatic rings. The first-order valence-corrected chi connectivity index (χ1v) is 10.4. The number of Topliss-reactive ketones (excluding diaryl/α,β-unsaturated/α-hetero) is 1. The van der Waals surface area contributed by atoms with Gasteiger partial charge in [0.05, 0.1) is 18.1 Å². The molecule has 7 heteroatoms. The average Bonchev–Trinajstić information content (AvgIpc) is 2.90. The Balaban J connectivity index is 1.61. The van der Waals surface area contributed by atoms with E-state index < -0.39 is 10.0 Å². The maximum absolute atomic E-state index is 13.0. The van der Waals surface area contributed by atoms with Gasteiger partial charge in [0.15, 0.2) is 17.3 Å². The molecule has 0 unspecified atom stereocenters. The SMILES string of the molecule is CC(=O)c1ccc(S(=O)(=O)N2CCc3cc4c(cc3C2)OCCCO4)cc1. The van der Waals surface area contributed by atoms with E-state index in [0.29, 0.717) is 44.0 Å². The van der Waals surface area contributed by atoms with Crippen LogP contribution in [-0.2, 0) is 23.0 Å². The van der Waals surface area contributed by atoms with Crippen LogP contribution in [0.25, 0.3) is 0 Å². The number of hydrogen-bond donors (Lipinski definition) is 0. The first-order valence-electron chi connectivity index (χ1n) is 8.98. The molecule has 6 nitrogen and oxygen atoms in total. The lowest BCUT2D eigenvalue weighted by Crippen LogP contribution is -2.36. The molecule has 0 aliphatic carbocycles. The van der Waals surface area contributed by atoms with Crippen molar-refractivity contribution >= 4 is 15.8 Å². The summed E-state index contributed by atoms with van der Waals surface area (Å²) in [6.07, 6.45) is 1.45. The van der Waals surface area contributed by atoms with Crippen LogP contribution in [0.15, 0.2) is 41.3 Å². The zero-order chi connectivity index (χ0) is 19.0. The molecule has 2 heterocycles. The standard InChI is InChI=1S/C20H21NO5S/c1-14(22)15-3-5-18(6-4-15)27(23,24)21-8-7-16-11-19-20(12-17(16)13-21)26-10-2-9-25-19/h3-6,11-12H,2,7-10,13H2,1H3. The smallest absolute Gasteiger partial charge is 0.243 e. The molecular formula is C20H21NO5S. The molecule has 0 spiro atoms. The van der Waals surface area contributed by atoms with Gasteiger partial charge in [0.2, 0.25) is 10.0 Å². The van der Waals surface area contributed by atoms with Crippen molar-refractivity contribution in [3.8, 4) is 11.5 Å². The van der Waals surface area contributed by atoms with E-state index in [1.807, 2.05) is 12.1 Å². The van der Waals surface area contributed by atoms with Crippen LogP contribution in [0.2, 0.25) is 0 Å². The van der Waals surface area contributed by atoms with Crippen LogP contribution in [-0.4, -0.2) is 38.3 Å². The quantitative estimate of drug-likeness (QED) is 0.758. The molecule has 27 heavy (non-hydrogen) atoms. The van der Waals surface area contributed by atoms with Gasteiger partial charge in [-0.25, -0.2) is 8.42 Å². The monoisotopic (exact) mass is 387 g/mol. The van der Waals surface area contributed by atoms with Crippen molar-refractivity contribution in [2.45, 2.75) is 31.2 Å². The Bertz CT molecular complexity index is 982. The minimum absolute atomic E-state index is 0.0891. The van der Waals surface area contributed by atoms with Gasteiger partial charge in [0.25, 0.3) is 0 Å². The van der Waals surface area contributed by atoms with E-state index in [4.69, 9.17) is 9.47 Å². The van der Waals surface area contributed by atoms with Gasteiger partial charge >= 0.3 is 0 Å². The first-order chi connectivity index (χ1) is 12.9. The number of sulfonamides is 1. The summed E-state index contributed by atoms with van der Waals surface area (Å²) < 4.78 is 38.9. The Labute approximate surface area is 158 Å². The lowest BCUT2D eigenvalue weighted by atomic mass is 10.0. The molecule has 0 saturated heterocycles. The fraction of sp³-hybridized carbons (Fsp3) is 0.350. The van der Waals surface area contributed by atoms with Crippen molar-refractivity contribution < 1.29 is 22.7 Å².